The fraction of sp³-hybridized carbons (Fsp3) is 0.200. The first-order chi connectivity index (χ1) is 8.99. The first-order valence-electron chi connectivity index (χ1n) is 5.82. The van der Waals surface area contributed by atoms with E-state index in [1.54, 1.807) is 18.2 Å². The van der Waals surface area contributed by atoms with E-state index in [-0.39, 0.29) is 17.8 Å². The molecule has 0 saturated carbocycles. The zero-order valence-corrected chi connectivity index (χ0v) is 11.0. The van der Waals surface area contributed by atoms with Crippen molar-refractivity contribution in [2.24, 2.45) is 0 Å². The molecule has 2 aromatic carbocycles. The van der Waals surface area contributed by atoms with Crippen molar-refractivity contribution in [3.8, 4) is 0 Å². The van der Waals surface area contributed by atoms with Crippen LogP contribution in [0.4, 0.5) is 13.2 Å². The quantitative estimate of drug-likeness (QED) is 0.701. The summed E-state index contributed by atoms with van der Waals surface area (Å²) in [5, 5.41) is -0.740. The summed E-state index contributed by atoms with van der Waals surface area (Å²) < 4.78 is 40.3. The van der Waals surface area contributed by atoms with Crippen LogP contribution in [0.2, 0.25) is 0 Å². The lowest BCUT2D eigenvalue weighted by Gasteiger charge is -2.13. The summed E-state index contributed by atoms with van der Waals surface area (Å²) in [6.45, 7) is 1.53. The molecular weight excluding hydrogens is 273 g/mol. The maximum atomic E-state index is 13.7. The van der Waals surface area contributed by atoms with Gasteiger partial charge in [0.1, 0.15) is 17.5 Å². The van der Waals surface area contributed by atoms with Crippen LogP contribution >= 0.6 is 11.6 Å². The van der Waals surface area contributed by atoms with E-state index >= 15 is 0 Å². The lowest BCUT2D eigenvalue weighted by Crippen LogP contribution is -2.02. The Hall–Kier alpha value is -1.48. The molecule has 2 aromatic rings. The predicted octanol–water partition coefficient (Wildman–Crippen LogP) is 4.93. The Morgan fingerprint density at radius 2 is 1.68 bits per heavy atom. The van der Waals surface area contributed by atoms with E-state index in [1.807, 2.05) is 0 Å². The summed E-state index contributed by atoms with van der Waals surface area (Å²) in [5.41, 5.74) is 0.906. The number of halogens is 4. The SMILES string of the molecule is Cc1cc(C(Cl)Cc2ccccc2F)c(F)cc1F. The molecule has 0 aromatic heterocycles. The van der Waals surface area contributed by atoms with Crippen LogP contribution in [0.5, 0.6) is 0 Å². The first kappa shape index (κ1) is 13.9. The summed E-state index contributed by atoms with van der Waals surface area (Å²) in [6, 6.07) is 8.35. The normalized spacial score (nSPS) is 12.5. The molecule has 0 heterocycles. The number of benzene rings is 2. The van der Waals surface area contributed by atoms with E-state index in [9.17, 15) is 13.2 Å². The number of aryl methyl sites for hydroxylation is 1. The molecule has 0 N–H and O–H groups in total. The van der Waals surface area contributed by atoms with E-state index in [4.69, 9.17) is 11.6 Å². The molecule has 0 bridgehead atoms. The van der Waals surface area contributed by atoms with Crippen LogP contribution < -0.4 is 0 Å². The summed E-state index contributed by atoms with van der Waals surface area (Å²) >= 11 is 6.11. The molecule has 0 spiro atoms. The van der Waals surface area contributed by atoms with Crippen LogP contribution in [0.25, 0.3) is 0 Å². The van der Waals surface area contributed by atoms with Gasteiger partial charge >= 0.3 is 0 Å². The molecule has 19 heavy (non-hydrogen) atoms. The zero-order chi connectivity index (χ0) is 14.0. The highest BCUT2D eigenvalue weighted by Gasteiger charge is 2.17. The molecule has 4 heteroatoms. The minimum absolute atomic E-state index is 0.149. The van der Waals surface area contributed by atoms with Gasteiger partial charge in [0.2, 0.25) is 0 Å². The van der Waals surface area contributed by atoms with Crippen molar-refractivity contribution >= 4 is 11.6 Å². The first-order valence-corrected chi connectivity index (χ1v) is 6.25. The van der Waals surface area contributed by atoms with Gasteiger partial charge in [-0.15, -0.1) is 11.6 Å². The third-order valence-corrected chi connectivity index (χ3v) is 3.36. The fourth-order valence-corrected chi connectivity index (χ4v) is 2.22. The number of alkyl halides is 1. The summed E-state index contributed by atoms with van der Waals surface area (Å²) in [6.07, 6.45) is 0.149. The Labute approximate surface area is 114 Å². The van der Waals surface area contributed by atoms with E-state index < -0.39 is 17.0 Å². The zero-order valence-electron chi connectivity index (χ0n) is 10.3. The molecule has 0 aliphatic rings. The average Bonchev–Trinajstić information content (AvgIpc) is 2.36. The molecule has 0 radical (unpaired) electrons. The summed E-state index contributed by atoms with van der Waals surface area (Å²) in [5.74, 6) is -1.71. The molecule has 1 atom stereocenters. The monoisotopic (exact) mass is 284 g/mol. The second kappa shape index (κ2) is 5.66. The Balaban J connectivity index is 2.28. The summed E-state index contributed by atoms with van der Waals surface area (Å²) in [7, 11) is 0. The van der Waals surface area contributed by atoms with Gasteiger partial charge in [-0.1, -0.05) is 18.2 Å². The second-order valence-corrected chi connectivity index (χ2v) is 4.91. The lowest BCUT2D eigenvalue weighted by molar-refractivity contribution is 0.561. The molecule has 0 aliphatic heterocycles. The third-order valence-electron chi connectivity index (χ3n) is 2.97. The highest BCUT2D eigenvalue weighted by Crippen LogP contribution is 2.29. The average molecular weight is 285 g/mol. The van der Waals surface area contributed by atoms with Crippen LogP contribution in [0.15, 0.2) is 36.4 Å². The smallest absolute Gasteiger partial charge is 0.130 e. The van der Waals surface area contributed by atoms with Crippen molar-refractivity contribution < 1.29 is 13.2 Å². The fourth-order valence-electron chi connectivity index (χ4n) is 1.89. The van der Waals surface area contributed by atoms with E-state index in [0.29, 0.717) is 11.1 Å². The van der Waals surface area contributed by atoms with Gasteiger partial charge in [0, 0.05) is 11.6 Å². The maximum Gasteiger partial charge on any atom is 0.130 e. The van der Waals surface area contributed by atoms with Crippen LogP contribution in [0.3, 0.4) is 0 Å². The van der Waals surface area contributed by atoms with Crippen molar-refractivity contribution in [1.82, 2.24) is 0 Å². The third kappa shape index (κ3) is 3.10. The van der Waals surface area contributed by atoms with E-state index in [0.717, 1.165) is 6.07 Å². The topological polar surface area (TPSA) is 0 Å². The van der Waals surface area contributed by atoms with Crippen molar-refractivity contribution in [3.05, 3.63) is 70.5 Å². The van der Waals surface area contributed by atoms with Crippen LogP contribution in [-0.4, -0.2) is 0 Å². The lowest BCUT2D eigenvalue weighted by atomic mass is 10.0. The van der Waals surface area contributed by atoms with Gasteiger partial charge in [0.25, 0.3) is 0 Å². The van der Waals surface area contributed by atoms with Crippen LogP contribution in [-0.2, 0) is 6.42 Å². The minimum atomic E-state index is -0.740. The Morgan fingerprint density at radius 3 is 2.37 bits per heavy atom. The molecule has 1 unspecified atom stereocenters. The Morgan fingerprint density at radius 1 is 1.00 bits per heavy atom. The van der Waals surface area contributed by atoms with Gasteiger partial charge in [-0.25, -0.2) is 13.2 Å². The van der Waals surface area contributed by atoms with Gasteiger partial charge in [-0.05, 0) is 36.6 Å². The van der Waals surface area contributed by atoms with Crippen molar-refractivity contribution in [2.45, 2.75) is 18.7 Å². The van der Waals surface area contributed by atoms with Crippen molar-refractivity contribution in [3.63, 3.8) is 0 Å². The largest absolute Gasteiger partial charge is 0.207 e. The Kier molecular flexibility index (Phi) is 4.15. The molecule has 100 valence electrons. The molecular formula is C15H12ClF3. The second-order valence-electron chi connectivity index (χ2n) is 4.39. The van der Waals surface area contributed by atoms with Gasteiger partial charge < -0.3 is 0 Å². The molecule has 2 rings (SSSR count). The van der Waals surface area contributed by atoms with Crippen molar-refractivity contribution in [2.75, 3.05) is 0 Å². The van der Waals surface area contributed by atoms with Crippen molar-refractivity contribution in [1.29, 1.82) is 0 Å². The highest BCUT2D eigenvalue weighted by molar-refractivity contribution is 6.21. The van der Waals surface area contributed by atoms with Gasteiger partial charge in [0.05, 0.1) is 5.38 Å². The predicted molar refractivity (Wildman–Crippen MR) is 69.8 cm³/mol. The van der Waals surface area contributed by atoms with Crippen LogP contribution in [0.1, 0.15) is 22.1 Å². The molecule has 0 nitrogen and oxygen atoms in total. The molecule has 0 amide bonds. The van der Waals surface area contributed by atoms with E-state index in [2.05, 4.69) is 0 Å². The number of rotatable bonds is 3. The maximum absolute atomic E-state index is 13.7. The summed E-state index contributed by atoms with van der Waals surface area (Å²) in [4.78, 5) is 0. The van der Waals surface area contributed by atoms with Gasteiger partial charge in [-0.2, -0.15) is 0 Å². The van der Waals surface area contributed by atoms with E-state index in [1.165, 1.54) is 19.1 Å². The standard InChI is InChI=1S/C15H12ClF3/c1-9-6-11(15(19)8-14(9)18)12(16)7-10-4-2-3-5-13(10)17/h2-6,8,12H,7H2,1H3. The highest BCUT2D eigenvalue weighted by atomic mass is 35.5. The van der Waals surface area contributed by atoms with Crippen LogP contribution in [0, 0.1) is 24.4 Å². The molecule has 0 aliphatic carbocycles. The molecule has 0 saturated heterocycles. The number of hydrogen-bond donors (Lipinski definition) is 0. The Bertz CT molecular complexity index is 596. The van der Waals surface area contributed by atoms with Gasteiger partial charge in [0.15, 0.2) is 0 Å². The molecule has 0 fully saturated rings. The number of hydrogen-bond acceptors (Lipinski definition) is 0. The minimum Gasteiger partial charge on any atom is -0.207 e. The van der Waals surface area contributed by atoms with Gasteiger partial charge in [-0.3, -0.25) is 0 Å².